The molecule has 0 unspecified atom stereocenters. The summed E-state index contributed by atoms with van der Waals surface area (Å²) < 4.78 is 5.08. The van der Waals surface area contributed by atoms with E-state index in [0.29, 0.717) is 23.5 Å². The number of carbonyl (C=O) groups is 1. The first kappa shape index (κ1) is 16.0. The van der Waals surface area contributed by atoms with E-state index in [1.807, 2.05) is 24.3 Å². The number of amides is 1. The van der Waals surface area contributed by atoms with E-state index in [0.717, 1.165) is 11.4 Å². The fraction of sp³-hybridized carbons (Fsp3) is 0.188. The van der Waals surface area contributed by atoms with Gasteiger partial charge in [-0.3, -0.25) is 4.79 Å². The Bertz CT molecular complexity index is 639. The first-order chi connectivity index (χ1) is 10.7. The van der Waals surface area contributed by atoms with E-state index in [4.69, 9.17) is 4.74 Å². The Labute approximate surface area is 134 Å². The maximum atomic E-state index is 11.7. The van der Waals surface area contributed by atoms with Crippen molar-refractivity contribution in [3.8, 4) is 5.75 Å². The number of nitrogens with zero attached hydrogens (tertiary/aromatic N) is 2. The number of rotatable bonds is 6. The largest absolute Gasteiger partial charge is 0.497 e. The van der Waals surface area contributed by atoms with E-state index in [1.165, 1.54) is 0 Å². The minimum absolute atomic E-state index is 0.118. The number of carbonyl (C=O) groups excluding carboxylic acids is 1. The number of hydrogen-bond acceptors (Lipinski definition) is 5. The average molecular weight is 315 g/mol. The second-order valence-electron chi connectivity index (χ2n) is 4.42. The van der Waals surface area contributed by atoms with Crippen LogP contribution in [0.3, 0.4) is 0 Å². The third-order valence-electron chi connectivity index (χ3n) is 2.88. The lowest BCUT2D eigenvalue weighted by Gasteiger charge is -2.03. The van der Waals surface area contributed by atoms with Gasteiger partial charge in [-0.05, 0) is 48.5 Å². The lowest BCUT2D eigenvalue weighted by Crippen LogP contribution is -2.25. The number of azo groups is 1. The predicted octanol–water partition coefficient (Wildman–Crippen LogP) is 3.77. The zero-order valence-electron chi connectivity index (χ0n) is 12.2. The highest BCUT2D eigenvalue weighted by Gasteiger charge is 2.03. The third-order valence-corrected chi connectivity index (χ3v) is 3.10. The van der Waals surface area contributed by atoms with Crippen molar-refractivity contribution in [2.45, 2.75) is 0 Å². The van der Waals surface area contributed by atoms with Gasteiger partial charge in [-0.2, -0.15) is 22.9 Å². The number of nitrogens with one attached hydrogen (secondary N) is 1. The standard InChI is InChI=1S/C16H17N3O2S/c1-21-15-8-6-14(7-9-15)19-18-13-4-2-12(3-5-13)16(20)17-10-11-22/h2-9,22H,10-11H2,1H3,(H,17,20). The molecule has 6 heteroatoms. The van der Waals surface area contributed by atoms with Gasteiger partial charge in [-0.25, -0.2) is 0 Å². The van der Waals surface area contributed by atoms with E-state index in [-0.39, 0.29) is 5.91 Å². The molecule has 0 fully saturated rings. The van der Waals surface area contributed by atoms with Crippen LogP contribution in [0.5, 0.6) is 5.75 Å². The molecule has 0 radical (unpaired) electrons. The second-order valence-corrected chi connectivity index (χ2v) is 4.87. The van der Waals surface area contributed by atoms with Crippen LogP contribution < -0.4 is 10.1 Å². The van der Waals surface area contributed by atoms with Crippen LogP contribution in [-0.4, -0.2) is 25.3 Å². The number of thiol groups is 1. The summed E-state index contributed by atoms with van der Waals surface area (Å²) in [5.74, 6) is 1.27. The van der Waals surface area contributed by atoms with Crippen LogP contribution in [0.2, 0.25) is 0 Å². The Kier molecular flexibility index (Phi) is 5.97. The van der Waals surface area contributed by atoms with Crippen molar-refractivity contribution in [1.82, 2.24) is 5.32 Å². The Morgan fingerprint density at radius 1 is 1.05 bits per heavy atom. The van der Waals surface area contributed by atoms with E-state index in [9.17, 15) is 4.79 Å². The van der Waals surface area contributed by atoms with Gasteiger partial charge in [-0.15, -0.1) is 0 Å². The molecule has 1 amide bonds. The molecule has 0 aliphatic heterocycles. The average Bonchev–Trinajstić information content (AvgIpc) is 2.58. The summed E-state index contributed by atoms with van der Waals surface area (Å²) in [7, 11) is 1.62. The van der Waals surface area contributed by atoms with Crippen molar-refractivity contribution in [1.29, 1.82) is 0 Å². The number of hydrogen-bond donors (Lipinski definition) is 2. The Morgan fingerprint density at radius 3 is 2.09 bits per heavy atom. The summed E-state index contributed by atoms with van der Waals surface area (Å²) in [5.41, 5.74) is 2.00. The molecule has 22 heavy (non-hydrogen) atoms. The van der Waals surface area contributed by atoms with Gasteiger partial charge >= 0.3 is 0 Å². The summed E-state index contributed by atoms with van der Waals surface area (Å²) in [5, 5.41) is 11.0. The topological polar surface area (TPSA) is 63.1 Å². The zero-order valence-corrected chi connectivity index (χ0v) is 13.1. The van der Waals surface area contributed by atoms with E-state index in [1.54, 1.807) is 31.4 Å². The minimum Gasteiger partial charge on any atom is -0.497 e. The second kappa shape index (κ2) is 8.19. The summed E-state index contributed by atoms with van der Waals surface area (Å²) in [4.78, 5) is 11.7. The minimum atomic E-state index is -0.118. The summed E-state index contributed by atoms with van der Waals surface area (Å²) in [6, 6.07) is 14.2. The first-order valence-electron chi connectivity index (χ1n) is 6.78. The number of methoxy groups -OCH3 is 1. The zero-order chi connectivity index (χ0) is 15.8. The fourth-order valence-corrected chi connectivity index (χ4v) is 1.83. The highest BCUT2D eigenvalue weighted by molar-refractivity contribution is 7.80. The lowest BCUT2D eigenvalue weighted by atomic mass is 10.2. The molecule has 114 valence electrons. The van der Waals surface area contributed by atoms with Gasteiger partial charge in [-0.1, -0.05) is 0 Å². The maximum absolute atomic E-state index is 11.7. The van der Waals surface area contributed by atoms with Crippen molar-refractivity contribution in [3.63, 3.8) is 0 Å². The summed E-state index contributed by atoms with van der Waals surface area (Å²) in [6.45, 7) is 0.543. The SMILES string of the molecule is COc1ccc(N=Nc2ccc(C(=O)NCCS)cc2)cc1. The number of benzene rings is 2. The van der Waals surface area contributed by atoms with Gasteiger partial charge in [0.15, 0.2) is 0 Å². The fourth-order valence-electron chi connectivity index (χ4n) is 1.72. The van der Waals surface area contributed by atoms with Crippen LogP contribution in [0, 0.1) is 0 Å². The van der Waals surface area contributed by atoms with Gasteiger partial charge in [0.2, 0.25) is 0 Å². The van der Waals surface area contributed by atoms with Crippen molar-refractivity contribution < 1.29 is 9.53 Å². The van der Waals surface area contributed by atoms with Crippen LogP contribution in [0.1, 0.15) is 10.4 Å². The van der Waals surface area contributed by atoms with Gasteiger partial charge in [0, 0.05) is 17.9 Å². The predicted molar refractivity (Wildman–Crippen MR) is 89.8 cm³/mol. The normalized spacial score (nSPS) is 10.6. The van der Waals surface area contributed by atoms with Gasteiger partial charge < -0.3 is 10.1 Å². The highest BCUT2D eigenvalue weighted by Crippen LogP contribution is 2.21. The molecule has 0 aromatic heterocycles. The molecule has 0 spiro atoms. The Balaban J connectivity index is 2.00. The molecule has 0 heterocycles. The monoisotopic (exact) mass is 315 g/mol. The quantitative estimate of drug-likeness (QED) is 0.629. The summed E-state index contributed by atoms with van der Waals surface area (Å²) in [6.07, 6.45) is 0. The highest BCUT2D eigenvalue weighted by atomic mass is 32.1. The van der Waals surface area contributed by atoms with E-state index >= 15 is 0 Å². The van der Waals surface area contributed by atoms with Crippen LogP contribution in [0.25, 0.3) is 0 Å². The van der Waals surface area contributed by atoms with Crippen LogP contribution >= 0.6 is 12.6 Å². The Morgan fingerprint density at radius 2 is 1.59 bits per heavy atom. The van der Waals surface area contributed by atoms with Crippen LogP contribution in [-0.2, 0) is 0 Å². The lowest BCUT2D eigenvalue weighted by molar-refractivity contribution is 0.0956. The Hall–Kier alpha value is -2.34. The molecular weight excluding hydrogens is 298 g/mol. The van der Waals surface area contributed by atoms with Gasteiger partial charge in [0.05, 0.1) is 18.5 Å². The molecule has 2 aromatic rings. The van der Waals surface area contributed by atoms with Crippen molar-refractivity contribution in [3.05, 3.63) is 54.1 Å². The van der Waals surface area contributed by atoms with Gasteiger partial charge in [0.25, 0.3) is 5.91 Å². The third kappa shape index (κ3) is 4.60. The molecule has 1 N–H and O–H groups in total. The van der Waals surface area contributed by atoms with E-state index < -0.39 is 0 Å². The molecule has 0 aliphatic rings. The molecule has 0 saturated carbocycles. The van der Waals surface area contributed by atoms with Crippen molar-refractivity contribution >= 4 is 29.9 Å². The molecule has 0 aliphatic carbocycles. The van der Waals surface area contributed by atoms with Crippen LogP contribution in [0.15, 0.2) is 58.8 Å². The molecular formula is C16H17N3O2S. The molecule has 0 bridgehead atoms. The maximum Gasteiger partial charge on any atom is 0.251 e. The van der Waals surface area contributed by atoms with E-state index in [2.05, 4.69) is 28.2 Å². The molecule has 0 atom stereocenters. The number of ether oxygens (including phenoxy) is 1. The smallest absolute Gasteiger partial charge is 0.251 e. The van der Waals surface area contributed by atoms with Crippen molar-refractivity contribution in [2.75, 3.05) is 19.4 Å². The molecule has 2 aromatic carbocycles. The van der Waals surface area contributed by atoms with Crippen molar-refractivity contribution in [2.24, 2.45) is 10.2 Å². The first-order valence-corrected chi connectivity index (χ1v) is 7.41. The molecule has 0 saturated heterocycles. The van der Waals surface area contributed by atoms with Gasteiger partial charge in [0.1, 0.15) is 5.75 Å². The molecule has 5 nitrogen and oxygen atoms in total. The van der Waals surface area contributed by atoms with Crippen LogP contribution in [0.4, 0.5) is 11.4 Å². The molecule has 2 rings (SSSR count). The summed E-state index contributed by atoms with van der Waals surface area (Å²) >= 11 is 4.05.